The molecule has 2 aromatic heterocycles. The van der Waals surface area contributed by atoms with Crippen LogP contribution >= 0.6 is 0 Å². The third-order valence-corrected chi connectivity index (χ3v) is 3.40. The Morgan fingerprint density at radius 2 is 2.17 bits per heavy atom. The van der Waals surface area contributed by atoms with Crippen molar-refractivity contribution in [1.82, 2.24) is 19.9 Å². The summed E-state index contributed by atoms with van der Waals surface area (Å²) in [5.41, 5.74) is 0.628. The number of aromatic nitrogens is 3. The minimum Gasteiger partial charge on any atom is -0.478 e. The average Bonchev–Trinajstić information content (AvgIpc) is 2.83. The molecule has 0 aliphatic carbocycles. The van der Waals surface area contributed by atoms with Crippen molar-refractivity contribution in [3.05, 3.63) is 29.7 Å². The van der Waals surface area contributed by atoms with Crippen LogP contribution in [0.15, 0.2) is 18.3 Å². The molecule has 94 valence electrons. The lowest BCUT2D eigenvalue weighted by atomic mass is 9.97. The molecular formula is C12H14N4O2. The lowest BCUT2D eigenvalue weighted by Gasteiger charge is -2.20. The number of pyridine rings is 1. The minimum absolute atomic E-state index is 0.199. The first-order valence-electron chi connectivity index (χ1n) is 6.05. The second-order valence-corrected chi connectivity index (χ2v) is 4.50. The van der Waals surface area contributed by atoms with Crippen LogP contribution in [0.5, 0.6) is 0 Å². The number of hydrogen-bond donors (Lipinski definition) is 2. The third kappa shape index (κ3) is 1.74. The van der Waals surface area contributed by atoms with E-state index in [1.54, 1.807) is 16.5 Å². The Balaban J connectivity index is 2.08. The third-order valence-electron chi connectivity index (χ3n) is 3.40. The Bertz CT molecular complexity index is 587. The van der Waals surface area contributed by atoms with E-state index in [4.69, 9.17) is 5.11 Å². The first-order chi connectivity index (χ1) is 8.77. The molecule has 0 saturated carbocycles. The number of carbonyl (C=O) groups is 1. The molecule has 6 heteroatoms. The predicted octanol–water partition coefficient (Wildman–Crippen LogP) is 0.894. The van der Waals surface area contributed by atoms with Crippen LogP contribution in [0.2, 0.25) is 0 Å². The van der Waals surface area contributed by atoms with Crippen LogP contribution in [0.3, 0.4) is 0 Å². The number of nitrogens with zero attached hydrogens (tertiary/aromatic N) is 3. The number of hydrogen-bond acceptors (Lipinski definition) is 4. The first kappa shape index (κ1) is 11.2. The van der Waals surface area contributed by atoms with Gasteiger partial charge >= 0.3 is 5.97 Å². The molecule has 6 nitrogen and oxygen atoms in total. The van der Waals surface area contributed by atoms with Crippen molar-refractivity contribution in [3.63, 3.8) is 0 Å². The normalized spacial score (nSPS) is 17.1. The van der Waals surface area contributed by atoms with E-state index in [0.717, 1.165) is 31.8 Å². The number of carboxylic acid groups (broad SMARTS) is 1. The molecule has 0 radical (unpaired) electrons. The molecule has 1 aliphatic heterocycles. The van der Waals surface area contributed by atoms with E-state index < -0.39 is 5.97 Å². The minimum atomic E-state index is -0.968. The zero-order valence-electron chi connectivity index (χ0n) is 9.83. The summed E-state index contributed by atoms with van der Waals surface area (Å²) in [7, 11) is 0. The van der Waals surface area contributed by atoms with E-state index in [2.05, 4.69) is 15.5 Å². The highest BCUT2D eigenvalue weighted by Gasteiger charge is 2.22. The predicted molar refractivity (Wildman–Crippen MR) is 64.8 cm³/mol. The molecule has 0 spiro atoms. The number of aromatic carboxylic acids is 1. The van der Waals surface area contributed by atoms with E-state index in [9.17, 15) is 4.79 Å². The number of fused-ring (bicyclic) bond motifs is 1. The SMILES string of the molecule is O=C(O)c1cccn2c(C3CCNCC3)nnc12. The van der Waals surface area contributed by atoms with Crippen LogP contribution < -0.4 is 5.32 Å². The van der Waals surface area contributed by atoms with E-state index in [1.807, 2.05) is 6.20 Å². The molecule has 0 atom stereocenters. The Hall–Kier alpha value is -1.95. The van der Waals surface area contributed by atoms with Crippen molar-refractivity contribution < 1.29 is 9.90 Å². The second kappa shape index (κ2) is 4.38. The first-order valence-corrected chi connectivity index (χ1v) is 6.05. The van der Waals surface area contributed by atoms with Gasteiger partial charge in [-0.1, -0.05) is 0 Å². The van der Waals surface area contributed by atoms with Gasteiger partial charge in [-0.15, -0.1) is 10.2 Å². The van der Waals surface area contributed by atoms with Crippen molar-refractivity contribution in [1.29, 1.82) is 0 Å². The fourth-order valence-corrected chi connectivity index (χ4v) is 2.46. The van der Waals surface area contributed by atoms with Crippen LogP contribution in [0.25, 0.3) is 5.65 Å². The molecule has 1 saturated heterocycles. The molecule has 0 bridgehead atoms. The highest BCUT2D eigenvalue weighted by atomic mass is 16.4. The van der Waals surface area contributed by atoms with Crippen molar-refractivity contribution >= 4 is 11.6 Å². The topological polar surface area (TPSA) is 79.5 Å². The summed E-state index contributed by atoms with van der Waals surface area (Å²) in [6.07, 6.45) is 3.86. The molecule has 2 N–H and O–H groups in total. The van der Waals surface area contributed by atoms with Crippen LogP contribution in [0.1, 0.15) is 34.9 Å². The lowest BCUT2D eigenvalue weighted by molar-refractivity contribution is 0.0698. The van der Waals surface area contributed by atoms with Gasteiger partial charge in [0.15, 0.2) is 5.65 Å². The summed E-state index contributed by atoms with van der Waals surface area (Å²) in [5, 5.41) is 20.6. The van der Waals surface area contributed by atoms with E-state index in [1.165, 1.54) is 0 Å². The van der Waals surface area contributed by atoms with Gasteiger partial charge in [-0.05, 0) is 38.1 Å². The van der Waals surface area contributed by atoms with Gasteiger partial charge in [0.05, 0.1) is 0 Å². The molecule has 0 unspecified atom stereocenters. The Morgan fingerprint density at radius 1 is 1.39 bits per heavy atom. The van der Waals surface area contributed by atoms with Crippen molar-refractivity contribution in [2.45, 2.75) is 18.8 Å². The quantitative estimate of drug-likeness (QED) is 0.822. The summed E-state index contributed by atoms with van der Waals surface area (Å²) in [6.45, 7) is 1.94. The van der Waals surface area contributed by atoms with Gasteiger partial charge < -0.3 is 10.4 Å². The van der Waals surface area contributed by atoms with Gasteiger partial charge in [-0.3, -0.25) is 4.40 Å². The summed E-state index contributed by atoms with van der Waals surface area (Å²) in [6, 6.07) is 3.28. The summed E-state index contributed by atoms with van der Waals surface area (Å²) in [4.78, 5) is 11.1. The highest BCUT2D eigenvalue weighted by molar-refractivity contribution is 5.94. The number of nitrogens with one attached hydrogen (secondary N) is 1. The molecule has 18 heavy (non-hydrogen) atoms. The lowest BCUT2D eigenvalue weighted by Crippen LogP contribution is -2.27. The van der Waals surface area contributed by atoms with Gasteiger partial charge in [-0.2, -0.15) is 0 Å². The average molecular weight is 246 g/mol. The van der Waals surface area contributed by atoms with Crippen molar-refractivity contribution in [2.24, 2.45) is 0 Å². The zero-order chi connectivity index (χ0) is 12.5. The maximum Gasteiger partial charge on any atom is 0.339 e. The molecule has 0 aromatic carbocycles. The zero-order valence-corrected chi connectivity index (χ0v) is 9.83. The standard InChI is InChI=1S/C12H14N4O2/c17-12(18)9-2-1-7-16-10(14-15-11(9)16)8-3-5-13-6-4-8/h1-2,7-8,13H,3-6H2,(H,17,18). The van der Waals surface area contributed by atoms with E-state index >= 15 is 0 Å². The summed E-state index contributed by atoms with van der Waals surface area (Å²) in [5.74, 6) is 0.254. The smallest absolute Gasteiger partial charge is 0.339 e. The van der Waals surface area contributed by atoms with Gasteiger partial charge in [-0.25, -0.2) is 4.79 Å². The summed E-state index contributed by atoms with van der Waals surface area (Å²) < 4.78 is 1.80. The molecule has 1 aliphatic rings. The van der Waals surface area contributed by atoms with Gasteiger partial charge in [0, 0.05) is 12.1 Å². The molecule has 3 rings (SSSR count). The molecular weight excluding hydrogens is 232 g/mol. The molecule has 0 amide bonds. The largest absolute Gasteiger partial charge is 0.478 e. The Labute approximate surface area is 104 Å². The fraction of sp³-hybridized carbons (Fsp3) is 0.417. The van der Waals surface area contributed by atoms with Crippen molar-refractivity contribution in [2.75, 3.05) is 13.1 Å². The maximum atomic E-state index is 11.1. The van der Waals surface area contributed by atoms with Crippen molar-refractivity contribution in [3.8, 4) is 0 Å². The Morgan fingerprint density at radius 3 is 2.89 bits per heavy atom. The van der Waals surface area contributed by atoms with E-state index in [0.29, 0.717) is 11.6 Å². The molecule has 2 aromatic rings. The molecule has 1 fully saturated rings. The van der Waals surface area contributed by atoms with Crippen LogP contribution in [-0.2, 0) is 0 Å². The van der Waals surface area contributed by atoms with E-state index in [-0.39, 0.29) is 5.56 Å². The van der Waals surface area contributed by atoms with Gasteiger partial charge in [0.2, 0.25) is 0 Å². The molecule has 3 heterocycles. The number of piperidine rings is 1. The Kier molecular flexibility index (Phi) is 2.71. The van der Waals surface area contributed by atoms with Crippen LogP contribution in [-0.4, -0.2) is 38.8 Å². The number of rotatable bonds is 2. The number of carboxylic acids is 1. The fourth-order valence-electron chi connectivity index (χ4n) is 2.46. The van der Waals surface area contributed by atoms with Gasteiger partial charge in [0.1, 0.15) is 11.4 Å². The summed E-state index contributed by atoms with van der Waals surface area (Å²) >= 11 is 0. The monoisotopic (exact) mass is 246 g/mol. The second-order valence-electron chi connectivity index (χ2n) is 4.50. The van der Waals surface area contributed by atoms with Gasteiger partial charge in [0.25, 0.3) is 0 Å². The maximum absolute atomic E-state index is 11.1. The highest BCUT2D eigenvalue weighted by Crippen LogP contribution is 2.24. The van der Waals surface area contributed by atoms with Crippen LogP contribution in [0.4, 0.5) is 0 Å². The van der Waals surface area contributed by atoms with Crippen LogP contribution in [0, 0.1) is 0 Å².